The second-order valence-electron chi connectivity index (χ2n) is 4.89. The van der Waals surface area contributed by atoms with E-state index in [9.17, 15) is 14.3 Å². The molecule has 1 aromatic rings. The van der Waals surface area contributed by atoms with Crippen LogP contribution in [0.25, 0.3) is 0 Å². The fourth-order valence-electron chi connectivity index (χ4n) is 1.44. The van der Waals surface area contributed by atoms with Crippen LogP contribution in [-0.2, 0) is 11.3 Å². The number of benzene rings is 1. The summed E-state index contributed by atoms with van der Waals surface area (Å²) in [6.07, 6.45) is -0.716. The van der Waals surface area contributed by atoms with Gasteiger partial charge in [0.25, 0.3) is 0 Å². The summed E-state index contributed by atoms with van der Waals surface area (Å²) in [5.74, 6) is -0.711. The number of hydrogen-bond acceptors (Lipinski definition) is 4. The minimum atomic E-state index is -0.716. The van der Waals surface area contributed by atoms with Crippen molar-refractivity contribution in [3.05, 3.63) is 23.5 Å². The molecule has 2 N–H and O–H groups in total. The van der Waals surface area contributed by atoms with Gasteiger partial charge in [0, 0.05) is 5.56 Å². The fourth-order valence-corrected chi connectivity index (χ4v) is 1.44. The monoisotopic (exact) mass is 271 g/mol. The molecule has 106 valence electrons. The number of anilines is 1. The summed E-state index contributed by atoms with van der Waals surface area (Å²) in [4.78, 5) is 11.6. The Bertz CT molecular complexity index is 468. The number of rotatable bonds is 3. The Morgan fingerprint density at radius 3 is 2.53 bits per heavy atom. The predicted octanol–water partition coefficient (Wildman–Crippen LogP) is 2.67. The first kappa shape index (κ1) is 15.2. The highest BCUT2D eigenvalue weighted by molar-refractivity contribution is 5.86. The van der Waals surface area contributed by atoms with Crippen LogP contribution in [0, 0.1) is 5.82 Å². The normalized spacial score (nSPS) is 11.1. The summed E-state index contributed by atoms with van der Waals surface area (Å²) >= 11 is 0. The Morgan fingerprint density at radius 1 is 1.42 bits per heavy atom. The Balaban J connectivity index is 2.96. The molecule has 0 spiro atoms. The number of carbonyl (C=O) groups is 1. The third-order valence-corrected chi connectivity index (χ3v) is 2.22. The molecule has 1 rings (SSSR count). The lowest BCUT2D eigenvalue weighted by molar-refractivity contribution is 0.0635. The van der Waals surface area contributed by atoms with Crippen LogP contribution < -0.4 is 10.1 Å². The SMILES string of the molecule is COc1ccc(NC(=O)OC(C)(C)C)c(CO)c1F. The molecular weight excluding hydrogens is 253 g/mol. The van der Waals surface area contributed by atoms with Crippen molar-refractivity contribution in [2.75, 3.05) is 12.4 Å². The highest BCUT2D eigenvalue weighted by Gasteiger charge is 2.19. The quantitative estimate of drug-likeness (QED) is 0.887. The van der Waals surface area contributed by atoms with Crippen molar-refractivity contribution in [2.45, 2.75) is 33.0 Å². The number of hydrogen-bond donors (Lipinski definition) is 2. The van der Waals surface area contributed by atoms with Gasteiger partial charge in [0.2, 0.25) is 0 Å². The van der Waals surface area contributed by atoms with Crippen LogP contribution in [0.4, 0.5) is 14.9 Å². The van der Waals surface area contributed by atoms with Gasteiger partial charge in [0.05, 0.1) is 19.4 Å². The molecule has 0 heterocycles. The van der Waals surface area contributed by atoms with Crippen molar-refractivity contribution in [3.8, 4) is 5.75 Å². The summed E-state index contributed by atoms with van der Waals surface area (Å²) in [5, 5.41) is 11.6. The molecule has 0 radical (unpaired) electrons. The van der Waals surface area contributed by atoms with E-state index in [1.165, 1.54) is 19.2 Å². The van der Waals surface area contributed by atoms with Gasteiger partial charge in [0.1, 0.15) is 5.60 Å². The van der Waals surface area contributed by atoms with E-state index < -0.39 is 24.1 Å². The molecule has 0 fully saturated rings. The maximum Gasteiger partial charge on any atom is 0.412 e. The molecule has 0 saturated heterocycles. The van der Waals surface area contributed by atoms with E-state index in [4.69, 9.17) is 9.47 Å². The van der Waals surface area contributed by atoms with E-state index in [0.29, 0.717) is 0 Å². The van der Waals surface area contributed by atoms with E-state index in [1.54, 1.807) is 20.8 Å². The molecule has 1 amide bonds. The molecule has 5 nitrogen and oxygen atoms in total. The number of ether oxygens (including phenoxy) is 2. The van der Waals surface area contributed by atoms with Crippen LogP contribution in [0.5, 0.6) is 5.75 Å². The standard InChI is InChI=1S/C13H18FNO4/c1-13(2,3)19-12(17)15-9-5-6-10(18-4)11(14)8(9)7-16/h5-6,16H,7H2,1-4H3,(H,15,17). The smallest absolute Gasteiger partial charge is 0.412 e. The molecule has 0 aliphatic carbocycles. The van der Waals surface area contributed by atoms with Crippen molar-refractivity contribution in [1.29, 1.82) is 0 Å². The zero-order valence-corrected chi connectivity index (χ0v) is 11.4. The van der Waals surface area contributed by atoms with Crippen molar-refractivity contribution >= 4 is 11.8 Å². The Hall–Kier alpha value is -1.82. The number of methoxy groups -OCH3 is 1. The zero-order chi connectivity index (χ0) is 14.6. The fraction of sp³-hybridized carbons (Fsp3) is 0.462. The van der Waals surface area contributed by atoms with Crippen molar-refractivity contribution in [2.24, 2.45) is 0 Å². The van der Waals surface area contributed by atoms with Crippen molar-refractivity contribution in [3.63, 3.8) is 0 Å². The van der Waals surface area contributed by atoms with Crippen LogP contribution in [0.2, 0.25) is 0 Å². The van der Waals surface area contributed by atoms with Crippen molar-refractivity contribution < 1.29 is 23.8 Å². The molecule has 1 aromatic carbocycles. The average Bonchev–Trinajstić information content (AvgIpc) is 2.27. The lowest BCUT2D eigenvalue weighted by atomic mass is 10.1. The Morgan fingerprint density at radius 2 is 2.05 bits per heavy atom. The van der Waals surface area contributed by atoms with Crippen LogP contribution in [0.3, 0.4) is 0 Å². The topological polar surface area (TPSA) is 67.8 Å². The number of carbonyl (C=O) groups excluding carboxylic acids is 1. The number of halogens is 1. The second-order valence-corrected chi connectivity index (χ2v) is 4.89. The Kier molecular flexibility index (Phi) is 4.72. The first-order valence-electron chi connectivity index (χ1n) is 5.74. The van der Waals surface area contributed by atoms with Crippen molar-refractivity contribution in [1.82, 2.24) is 0 Å². The van der Waals surface area contributed by atoms with Gasteiger partial charge in [-0.05, 0) is 32.9 Å². The highest BCUT2D eigenvalue weighted by atomic mass is 19.1. The van der Waals surface area contributed by atoms with Gasteiger partial charge in [-0.25, -0.2) is 9.18 Å². The second kappa shape index (κ2) is 5.88. The third kappa shape index (κ3) is 4.10. The summed E-state index contributed by atoms with van der Waals surface area (Å²) in [5.41, 5.74) is -0.561. The van der Waals surface area contributed by atoms with Gasteiger partial charge in [-0.3, -0.25) is 5.32 Å². The summed E-state index contributed by atoms with van der Waals surface area (Å²) < 4.78 is 23.7. The zero-order valence-electron chi connectivity index (χ0n) is 11.4. The molecule has 19 heavy (non-hydrogen) atoms. The molecule has 0 aromatic heterocycles. The number of nitrogens with one attached hydrogen (secondary N) is 1. The molecule has 6 heteroatoms. The van der Waals surface area contributed by atoms with E-state index >= 15 is 0 Å². The van der Waals surface area contributed by atoms with Gasteiger partial charge in [0.15, 0.2) is 11.6 Å². The maximum absolute atomic E-state index is 13.8. The van der Waals surface area contributed by atoms with Gasteiger partial charge in [-0.2, -0.15) is 0 Å². The molecule has 0 saturated carbocycles. The maximum atomic E-state index is 13.8. The lowest BCUT2D eigenvalue weighted by Gasteiger charge is -2.20. The minimum absolute atomic E-state index is 0.00112. The molecule has 0 atom stereocenters. The van der Waals surface area contributed by atoms with E-state index in [0.717, 1.165) is 0 Å². The number of aliphatic hydroxyl groups excluding tert-OH is 1. The summed E-state index contributed by atoms with van der Waals surface area (Å²) in [6, 6.07) is 2.80. The van der Waals surface area contributed by atoms with E-state index in [2.05, 4.69) is 5.32 Å². The number of amides is 1. The summed E-state index contributed by atoms with van der Waals surface area (Å²) in [6.45, 7) is 4.59. The molecular formula is C13H18FNO4. The summed E-state index contributed by atoms with van der Waals surface area (Å²) in [7, 11) is 1.32. The molecule has 0 aliphatic rings. The largest absolute Gasteiger partial charge is 0.494 e. The highest BCUT2D eigenvalue weighted by Crippen LogP contribution is 2.27. The molecule has 0 bridgehead atoms. The number of aliphatic hydroxyl groups is 1. The van der Waals surface area contributed by atoms with Crippen LogP contribution in [-0.4, -0.2) is 23.9 Å². The average molecular weight is 271 g/mol. The van der Waals surface area contributed by atoms with Gasteiger partial charge in [-0.1, -0.05) is 0 Å². The van der Waals surface area contributed by atoms with Gasteiger partial charge >= 0.3 is 6.09 Å². The van der Waals surface area contributed by atoms with Gasteiger partial charge in [-0.15, -0.1) is 0 Å². The van der Waals surface area contributed by atoms with Crippen LogP contribution in [0.1, 0.15) is 26.3 Å². The third-order valence-electron chi connectivity index (χ3n) is 2.22. The minimum Gasteiger partial charge on any atom is -0.494 e. The molecule has 0 unspecified atom stereocenters. The van der Waals surface area contributed by atoms with E-state index in [-0.39, 0.29) is 17.0 Å². The molecule has 0 aliphatic heterocycles. The Labute approximate surface area is 111 Å². The lowest BCUT2D eigenvalue weighted by Crippen LogP contribution is -2.27. The predicted molar refractivity (Wildman–Crippen MR) is 68.7 cm³/mol. The first-order valence-corrected chi connectivity index (χ1v) is 5.74. The van der Waals surface area contributed by atoms with Gasteiger partial charge < -0.3 is 14.6 Å². The van der Waals surface area contributed by atoms with Crippen LogP contribution in [0.15, 0.2) is 12.1 Å². The first-order chi connectivity index (χ1) is 8.78. The van der Waals surface area contributed by atoms with E-state index in [1.807, 2.05) is 0 Å². The van der Waals surface area contributed by atoms with Crippen LogP contribution >= 0.6 is 0 Å².